The van der Waals surface area contributed by atoms with Gasteiger partial charge < -0.3 is 0 Å². The van der Waals surface area contributed by atoms with Crippen LogP contribution in [0.2, 0.25) is 0 Å². The molecule has 0 saturated carbocycles. The highest BCUT2D eigenvalue weighted by Gasteiger charge is 1.98. The van der Waals surface area contributed by atoms with Gasteiger partial charge in [0.15, 0.2) is 0 Å². The number of hydrogen-bond acceptors (Lipinski definition) is 1. The second kappa shape index (κ2) is 8.71. The molecule has 1 aromatic heterocycles. The smallest absolute Gasteiger partial charge is 0.0429 e. The summed E-state index contributed by atoms with van der Waals surface area (Å²) in [5.74, 6) is 6.18. The fourth-order valence-electron chi connectivity index (χ4n) is 1.80. The third-order valence-corrected chi connectivity index (χ3v) is 3.29. The van der Waals surface area contributed by atoms with E-state index in [1.165, 1.54) is 5.56 Å². The summed E-state index contributed by atoms with van der Waals surface area (Å²) in [5, 5.41) is 0. The van der Waals surface area contributed by atoms with Crippen molar-refractivity contribution >= 4 is 0 Å². The fourth-order valence-corrected chi connectivity index (χ4v) is 1.80. The van der Waals surface area contributed by atoms with Crippen molar-refractivity contribution in [3.63, 3.8) is 0 Å². The molecular weight excluding hydrogens is 266 g/mol. The topological polar surface area (TPSA) is 12.9 Å². The van der Waals surface area contributed by atoms with E-state index in [1.807, 2.05) is 24.3 Å². The van der Waals surface area contributed by atoms with Gasteiger partial charge >= 0.3 is 0 Å². The molecule has 0 radical (unpaired) electrons. The first-order valence-corrected chi connectivity index (χ1v) is 7.47. The molecule has 0 spiro atoms. The van der Waals surface area contributed by atoms with Gasteiger partial charge in [-0.1, -0.05) is 51.7 Å². The van der Waals surface area contributed by atoms with Crippen molar-refractivity contribution in [2.45, 2.75) is 39.5 Å². The molecule has 1 nitrogen and oxygen atoms in total. The van der Waals surface area contributed by atoms with Crippen LogP contribution in [0, 0.1) is 24.7 Å². The van der Waals surface area contributed by atoms with E-state index in [0.717, 1.165) is 16.8 Å². The average Bonchev–Trinajstić information content (AvgIpc) is 2.55. The van der Waals surface area contributed by atoms with Gasteiger partial charge in [0.05, 0.1) is 0 Å². The first-order valence-electron chi connectivity index (χ1n) is 7.47. The molecule has 2 aromatic rings. The predicted octanol–water partition coefficient (Wildman–Crippen LogP) is 4.98. The highest BCUT2D eigenvalue weighted by atomic mass is 14.7. The van der Waals surface area contributed by atoms with E-state index in [4.69, 9.17) is 12.8 Å². The van der Waals surface area contributed by atoms with E-state index in [-0.39, 0.29) is 0 Å². The van der Waals surface area contributed by atoms with Gasteiger partial charge in [-0.15, -0.1) is 12.8 Å². The van der Waals surface area contributed by atoms with Crippen LogP contribution in [0.5, 0.6) is 0 Å². The van der Waals surface area contributed by atoms with Crippen molar-refractivity contribution in [3.8, 4) is 24.7 Å². The zero-order valence-electron chi connectivity index (χ0n) is 13.8. The van der Waals surface area contributed by atoms with Crippen molar-refractivity contribution in [1.29, 1.82) is 0 Å². The van der Waals surface area contributed by atoms with Crippen molar-refractivity contribution in [2.24, 2.45) is 0 Å². The summed E-state index contributed by atoms with van der Waals surface area (Å²) in [5.41, 5.74) is 4.22. The minimum Gasteiger partial charge on any atom is -0.260 e. The van der Waals surface area contributed by atoms with Crippen LogP contribution in [0.1, 0.15) is 61.9 Å². The maximum absolute atomic E-state index is 5.23. The van der Waals surface area contributed by atoms with Gasteiger partial charge in [-0.25, -0.2) is 0 Å². The number of nitrogens with zero attached hydrogens (tertiary/aromatic N) is 1. The molecule has 0 aliphatic carbocycles. The summed E-state index contributed by atoms with van der Waals surface area (Å²) in [6.07, 6.45) is 12.1. The minimum atomic E-state index is 0.474. The maximum Gasteiger partial charge on any atom is 0.0429 e. The molecule has 0 atom stereocenters. The highest BCUT2D eigenvalue weighted by Crippen LogP contribution is 2.14. The number of benzene rings is 1. The summed E-state index contributed by atoms with van der Waals surface area (Å²) in [6.45, 7) is 8.56. The van der Waals surface area contributed by atoms with Gasteiger partial charge in [-0.3, -0.25) is 4.98 Å². The number of rotatable bonds is 2. The monoisotopic (exact) mass is 289 g/mol. The molecule has 22 heavy (non-hydrogen) atoms. The van der Waals surface area contributed by atoms with E-state index in [0.29, 0.717) is 11.8 Å². The van der Waals surface area contributed by atoms with Crippen LogP contribution in [0.15, 0.2) is 42.6 Å². The summed E-state index contributed by atoms with van der Waals surface area (Å²) in [6, 6.07) is 12.0. The van der Waals surface area contributed by atoms with Crippen molar-refractivity contribution in [3.05, 3.63) is 65.0 Å². The lowest BCUT2D eigenvalue weighted by Crippen LogP contribution is -1.91. The maximum atomic E-state index is 5.23. The minimum absolute atomic E-state index is 0.474. The molecule has 0 aliphatic rings. The van der Waals surface area contributed by atoms with E-state index >= 15 is 0 Å². The molecule has 0 bridgehead atoms. The molecule has 1 heteroatoms. The van der Waals surface area contributed by atoms with Gasteiger partial charge in [-0.05, 0) is 41.7 Å². The number of terminal acetylenes is 2. The van der Waals surface area contributed by atoms with Crippen LogP contribution in [-0.2, 0) is 0 Å². The standard InChI is InChI=1S/C11H12.C10H11N/c1-4-10-5-7-11(8-6-10)9(2)3;1-4-9-5-6-10(8(2)3)11-7-9/h1,5-9H,2-3H3;1,5-8H,2-3H3. The molecule has 1 heterocycles. The second-order valence-electron chi connectivity index (χ2n) is 5.69. The lowest BCUT2D eigenvalue weighted by atomic mass is 10.0. The molecule has 0 fully saturated rings. The van der Waals surface area contributed by atoms with E-state index < -0.39 is 0 Å². The van der Waals surface area contributed by atoms with Crippen LogP contribution in [0.3, 0.4) is 0 Å². The van der Waals surface area contributed by atoms with Crippen molar-refractivity contribution < 1.29 is 0 Å². The lowest BCUT2D eigenvalue weighted by Gasteiger charge is -2.03. The number of hydrogen-bond donors (Lipinski definition) is 0. The SMILES string of the molecule is C#Cc1ccc(C(C)C)cc1.C#Cc1ccc(C(C)C)nc1. The Morgan fingerprint density at radius 3 is 1.68 bits per heavy atom. The summed E-state index contributed by atoms with van der Waals surface area (Å²) in [7, 11) is 0. The van der Waals surface area contributed by atoms with Crippen LogP contribution >= 0.6 is 0 Å². The van der Waals surface area contributed by atoms with Gasteiger partial charge in [-0.2, -0.15) is 0 Å². The Kier molecular flexibility index (Phi) is 6.94. The Morgan fingerprint density at radius 1 is 0.773 bits per heavy atom. The molecule has 0 aliphatic heterocycles. The van der Waals surface area contributed by atoms with Gasteiger partial charge in [0, 0.05) is 23.0 Å². The Morgan fingerprint density at radius 2 is 1.32 bits per heavy atom. The lowest BCUT2D eigenvalue weighted by molar-refractivity contribution is 0.822. The summed E-state index contributed by atoms with van der Waals surface area (Å²) < 4.78 is 0. The van der Waals surface area contributed by atoms with Crippen LogP contribution in [-0.4, -0.2) is 4.98 Å². The molecule has 0 unspecified atom stereocenters. The quantitative estimate of drug-likeness (QED) is 0.711. The molecular formula is C21H23N. The average molecular weight is 289 g/mol. The van der Waals surface area contributed by atoms with E-state index in [1.54, 1.807) is 6.20 Å². The summed E-state index contributed by atoms with van der Waals surface area (Å²) in [4.78, 5) is 4.21. The first kappa shape index (κ1) is 17.5. The van der Waals surface area contributed by atoms with E-state index in [2.05, 4.69) is 56.7 Å². The third kappa shape index (κ3) is 5.47. The molecule has 1 aromatic carbocycles. The first-order chi connectivity index (χ1) is 10.5. The Bertz CT molecular complexity index is 586. The molecule has 0 amide bonds. The largest absolute Gasteiger partial charge is 0.260 e. The molecule has 0 saturated heterocycles. The number of pyridine rings is 1. The van der Waals surface area contributed by atoms with Gasteiger partial charge in [0.25, 0.3) is 0 Å². The fraction of sp³-hybridized carbons (Fsp3) is 0.286. The summed E-state index contributed by atoms with van der Waals surface area (Å²) >= 11 is 0. The van der Waals surface area contributed by atoms with Crippen molar-refractivity contribution in [2.75, 3.05) is 0 Å². The Hall–Kier alpha value is -2.51. The molecule has 112 valence electrons. The van der Waals surface area contributed by atoms with Crippen LogP contribution < -0.4 is 0 Å². The van der Waals surface area contributed by atoms with Crippen molar-refractivity contribution in [1.82, 2.24) is 4.98 Å². The second-order valence-corrected chi connectivity index (χ2v) is 5.69. The highest BCUT2D eigenvalue weighted by molar-refractivity contribution is 5.35. The van der Waals surface area contributed by atoms with Gasteiger partial charge in [0.2, 0.25) is 0 Å². The van der Waals surface area contributed by atoms with Gasteiger partial charge in [0.1, 0.15) is 0 Å². The van der Waals surface area contributed by atoms with Crippen LogP contribution in [0.4, 0.5) is 0 Å². The van der Waals surface area contributed by atoms with E-state index in [9.17, 15) is 0 Å². The molecule has 2 rings (SSSR count). The molecule has 0 N–H and O–H groups in total. The zero-order valence-corrected chi connectivity index (χ0v) is 13.8. The number of aromatic nitrogens is 1. The van der Waals surface area contributed by atoms with Crippen LogP contribution in [0.25, 0.3) is 0 Å². The Balaban J connectivity index is 0.000000220. The predicted molar refractivity (Wildman–Crippen MR) is 94.7 cm³/mol. The normalized spacial score (nSPS) is 9.64. The Labute approximate surface area is 134 Å². The third-order valence-electron chi connectivity index (χ3n) is 3.29. The zero-order chi connectivity index (χ0) is 16.5.